The molecule has 0 amide bonds. The zero-order chi connectivity index (χ0) is 12.7. The fraction of sp³-hybridized carbons (Fsp3) is 0. The number of thiophene rings is 1. The zero-order valence-electron chi connectivity index (χ0n) is 9.02. The lowest BCUT2D eigenvalue weighted by molar-refractivity contribution is 1.31. The summed E-state index contributed by atoms with van der Waals surface area (Å²) in [6, 6.07) is 7.26. The van der Waals surface area contributed by atoms with E-state index in [9.17, 15) is 0 Å². The van der Waals surface area contributed by atoms with Crippen LogP contribution in [-0.4, -0.2) is 9.97 Å². The van der Waals surface area contributed by atoms with Gasteiger partial charge < -0.3 is 5.73 Å². The van der Waals surface area contributed by atoms with Crippen molar-refractivity contribution in [2.45, 2.75) is 0 Å². The standard InChI is InChI=1S/C12H7Cl2N3S/c13-6-4-8-9(5-7(6)14)17-12(15)11(16-8)10-2-1-3-18-10/h1-5H,(H2,15,17). The van der Waals surface area contributed by atoms with Crippen LogP contribution in [0.2, 0.25) is 10.0 Å². The number of nitrogen functional groups attached to an aromatic ring is 1. The van der Waals surface area contributed by atoms with E-state index in [1.165, 1.54) is 0 Å². The molecule has 0 atom stereocenters. The number of hydrogen-bond acceptors (Lipinski definition) is 4. The van der Waals surface area contributed by atoms with Crippen molar-refractivity contribution in [3.8, 4) is 10.6 Å². The monoisotopic (exact) mass is 295 g/mol. The highest BCUT2D eigenvalue weighted by atomic mass is 35.5. The molecule has 0 spiro atoms. The van der Waals surface area contributed by atoms with Crippen LogP contribution in [0.3, 0.4) is 0 Å². The summed E-state index contributed by atoms with van der Waals surface area (Å²) in [6.45, 7) is 0. The second-order valence-electron chi connectivity index (χ2n) is 3.69. The molecule has 0 unspecified atom stereocenters. The molecule has 2 aromatic heterocycles. The summed E-state index contributed by atoms with van der Waals surface area (Å²) in [5, 5.41) is 2.87. The Kier molecular flexibility index (Phi) is 2.86. The summed E-state index contributed by atoms with van der Waals surface area (Å²) in [5.74, 6) is 0.392. The van der Waals surface area contributed by atoms with Gasteiger partial charge in [-0.1, -0.05) is 29.3 Å². The molecule has 3 aromatic rings. The van der Waals surface area contributed by atoms with Gasteiger partial charge >= 0.3 is 0 Å². The molecular weight excluding hydrogens is 289 g/mol. The molecule has 1 aromatic carbocycles. The molecule has 3 rings (SSSR count). The van der Waals surface area contributed by atoms with Gasteiger partial charge in [-0.3, -0.25) is 0 Å². The van der Waals surface area contributed by atoms with E-state index in [1.54, 1.807) is 23.5 Å². The molecule has 0 saturated carbocycles. The number of anilines is 1. The van der Waals surface area contributed by atoms with Crippen LogP contribution in [0.25, 0.3) is 21.6 Å². The number of nitrogens with zero attached hydrogens (tertiary/aromatic N) is 2. The predicted molar refractivity (Wildman–Crippen MR) is 77.3 cm³/mol. The Balaban J connectivity index is 2.30. The lowest BCUT2D eigenvalue weighted by Crippen LogP contribution is -1.97. The fourth-order valence-electron chi connectivity index (χ4n) is 1.66. The fourth-order valence-corrected chi connectivity index (χ4v) is 2.70. The molecule has 3 nitrogen and oxygen atoms in total. The Morgan fingerprint density at radius 2 is 1.72 bits per heavy atom. The average molecular weight is 296 g/mol. The van der Waals surface area contributed by atoms with Crippen molar-refractivity contribution >= 4 is 51.4 Å². The number of aromatic nitrogens is 2. The van der Waals surface area contributed by atoms with Crippen LogP contribution in [0.4, 0.5) is 5.82 Å². The third kappa shape index (κ3) is 1.92. The smallest absolute Gasteiger partial charge is 0.151 e. The van der Waals surface area contributed by atoms with Gasteiger partial charge in [0.15, 0.2) is 5.82 Å². The van der Waals surface area contributed by atoms with E-state index in [1.807, 2.05) is 17.5 Å². The number of nitrogens with two attached hydrogens (primary N) is 1. The number of benzene rings is 1. The first-order valence-corrected chi connectivity index (χ1v) is 6.75. The molecule has 2 N–H and O–H groups in total. The van der Waals surface area contributed by atoms with Crippen LogP contribution < -0.4 is 5.73 Å². The predicted octanol–water partition coefficient (Wildman–Crippen LogP) is 4.25. The lowest BCUT2D eigenvalue weighted by atomic mass is 10.2. The van der Waals surface area contributed by atoms with E-state index in [4.69, 9.17) is 28.9 Å². The van der Waals surface area contributed by atoms with Crippen LogP contribution in [0, 0.1) is 0 Å². The Labute approximate surface area is 117 Å². The topological polar surface area (TPSA) is 51.8 Å². The first-order chi connectivity index (χ1) is 8.65. The summed E-state index contributed by atoms with van der Waals surface area (Å²) in [5.41, 5.74) is 7.92. The van der Waals surface area contributed by atoms with Crippen molar-refractivity contribution in [3.05, 3.63) is 39.7 Å². The summed E-state index contributed by atoms with van der Waals surface area (Å²) in [6.07, 6.45) is 0. The third-order valence-electron chi connectivity index (χ3n) is 2.49. The van der Waals surface area contributed by atoms with Gasteiger partial charge in [0.05, 0.1) is 26.0 Å². The molecule has 0 radical (unpaired) electrons. The molecule has 0 bridgehead atoms. The Bertz CT molecular complexity index is 726. The molecule has 2 heterocycles. The molecule has 0 aliphatic rings. The minimum atomic E-state index is 0.392. The number of fused-ring (bicyclic) bond motifs is 1. The molecule has 6 heteroatoms. The van der Waals surface area contributed by atoms with Gasteiger partial charge in [0.25, 0.3) is 0 Å². The molecule has 90 valence electrons. The molecular formula is C12H7Cl2N3S. The number of hydrogen-bond donors (Lipinski definition) is 1. The SMILES string of the molecule is Nc1nc2cc(Cl)c(Cl)cc2nc1-c1cccs1. The lowest BCUT2D eigenvalue weighted by Gasteiger charge is -2.05. The van der Waals surface area contributed by atoms with Crippen LogP contribution >= 0.6 is 34.5 Å². The first kappa shape index (κ1) is 11.7. The summed E-state index contributed by atoms with van der Waals surface area (Å²) < 4.78 is 0. The van der Waals surface area contributed by atoms with E-state index in [-0.39, 0.29) is 0 Å². The Morgan fingerprint density at radius 1 is 1.06 bits per heavy atom. The maximum absolute atomic E-state index is 5.98. The third-order valence-corrected chi connectivity index (χ3v) is 4.09. The summed E-state index contributed by atoms with van der Waals surface area (Å²) in [7, 11) is 0. The minimum absolute atomic E-state index is 0.392. The molecule has 0 aliphatic carbocycles. The largest absolute Gasteiger partial charge is 0.382 e. The van der Waals surface area contributed by atoms with Crippen molar-refractivity contribution in [1.82, 2.24) is 9.97 Å². The van der Waals surface area contributed by atoms with Crippen LogP contribution in [0.15, 0.2) is 29.6 Å². The Hall–Kier alpha value is -1.36. The van der Waals surface area contributed by atoms with Gasteiger partial charge in [-0.15, -0.1) is 11.3 Å². The van der Waals surface area contributed by atoms with Crippen molar-refractivity contribution in [2.24, 2.45) is 0 Å². The van der Waals surface area contributed by atoms with E-state index in [0.29, 0.717) is 32.6 Å². The van der Waals surface area contributed by atoms with Crippen molar-refractivity contribution in [2.75, 3.05) is 5.73 Å². The van der Waals surface area contributed by atoms with E-state index in [2.05, 4.69) is 9.97 Å². The Morgan fingerprint density at radius 3 is 2.33 bits per heavy atom. The second-order valence-corrected chi connectivity index (χ2v) is 5.45. The van der Waals surface area contributed by atoms with E-state index < -0.39 is 0 Å². The van der Waals surface area contributed by atoms with Gasteiger partial charge in [-0.25, -0.2) is 9.97 Å². The van der Waals surface area contributed by atoms with Gasteiger partial charge in [-0.05, 0) is 23.6 Å². The average Bonchev–Trinajstić information content (AvgIpc) is 2.84. The highest BCUT2D eigenvalue weighted by Gasteiger charge is 2.11. The second kappa shape index (κ2) is 4.39. The zero-order valence-corrected chi connectivity index (χ0v) is 11.4. The molecule has 0 aliphatic heterocycles. The molecule has 18 heavy (non-hydrogen) atoms. The summed E-state index contributed by atoms with van der Waals surface area (Å²) in [4.78, 5) is 9.79. The van der Waals surface area contributed by atoms with E-state index >= 15 is 0 Å². The van der Waals surface area contributed by atoms with Crippen molar-refractivity contribution in [1.29, 1.82) is 0 Å². The number of rotatable bonds is 1. The van der Waals surface area contributed by atoms with Crippen molar-refractivity contribution < 1.29 is 0 Å². The van der Waals surface area contributed by atoms with Crippen LogP contribution in [-0.2, 0) is 0 Å². The van der Waals surface area contributed by atoms with Crippen molar-refractivity contribution in [3.63, 3.8) is 0 Å². The highest BCUT2D eigenvalue weighted by molar-refractivity contribution is 7.13. The number of halogens is 2. The molecule has 0 saturated heterocycles. The van der Waals surface area contributed by atoms with E-state index in [0.717, 1.165) is 4.88 Å². The molecule has 0 fully saturated rings. The minimum Gasteiger partial charge on any atom is -0.382 e. The normalized spacial score (nSPS) is 11.0. The van der Waals surface area contributed by atoms with Crippen LogP contribution in [0.5, 0.6) is 0 Å². The van der Waals surface area contributed by atoms with Gasteiger partial charge in [-0.2, -0.15) is 0 Å². The summed E-state index contributed by atoms with van der Waals surface area (Å²) >= 11 is 13.5. The maximum Gasteiger partial charge on any atom is 0.151 e. The van der Waals surface area contributed by atoms with Crippen LogP contribution in [0.1, 0.15) is 0 Å². The van der Waals surface area contributed by atoms with Gasteiger partial charge in [0.2, 0.25) is 0 Å². The van der Waals surface area contributed by atoms with Gasteiger partial charge in [0, 0.05) is 0 Å². The maximum atomic E-state index is 5.98. The van der Waals surface area contributed by atoms with Gasteiger partial charge in [0.1, 0.15) is 5.69 Å². The quantitative estimate of drug-likeness (QED) is 0.730. The highest BCUT2D eigenvalue weighted by Crippen LogP contribution is 2.31. The first-order valence-electron chi connectivity index (χ1n) is 5.11.